The predicted octanol–water partition coefficient (Wildman–Crippen LogP) is 1.30. The Hall–Kier alpha value is -1.03. The van der Waals surface area contributed by atoms with E-state index in [1.165, 1.54) is 0 Å². The molecule has 0 radical (unpaired) electrons. The molecule has 1 rings (SSSR count). The lowest BCUT2D eigenvalue weighted by molar-refractivity contribution is -0.153. The van der Waals surface area contributed by atoms with Crippen molar-refractivity contribution in [1.29, 1.82) is 0 Å². The first-order chi connectivity index (χ1) is 6.02. The minimum absolute atomic E-state index is 0.119. The van der Waals surface area contributed by atoms with Crippen LogP contribution in [0.5, 0.6) is 0 Å². The number of carboxylic acids is 2. The zero-order chi connectivity index (χ0) is 10.0. The van der Waals surface area contributed by atoms with E-state index >= 15 is 0 Å². The van der Waals surface area contributed by atoms with E-state index in [2.05, 4.69) is 0 Å². The molecular formula is C8H9ClO4. The van der Waals surface area contributed by atoms with Crippen LogP contribution in [0, 0.1) is 11.8 Å². The van der Waals surface area contributed by atoms with E-state index in [-0.39, 0.29) is 12.8 Å². The molecule has 4 nitrogen and oxygen atoms in total. The monoisotopic (exact) mass is 204 g/mol. The van der Waals surface area contributed by atoms with Gasteiger partial charge in [-0.25, -0.2) is 0 Å². The van der Waals surface area contributed by atoms with E-state index in [1.54, 1.807) is 6.08 Å². The first kappa shape index (κ1) is 10.1. The van der Waals surface area contributed by atoms with E-state index in [0.29, 0.717) is 5.03 Å². The summed E-state index contributed by atoms with van der Waals surface area (Å²) in [5, 5.41) is 17.9. The maximum atomic E-state index is 10.7. The third-order valence-electron chi connectivity index (χ3n) is 2.13. The van der Waals surface area contributed by atoms with Crippen LogP contribution in [0.2, 0.25) is 0 Å². The number of halogens is 1. The molecule has 5 heteroatoms. The lowest BCUT2D eigenvalue weighted by Gasteiger charge is -2.22. The maximum Gasteiger partial charge on any atom is 0.307 e. The first-order valence-electron chi connectivity index (χ1n) is 3.82. The summed E-state index contributed by atoms with van der Waals surface area (Å²) in [5.41, 5.74) is 0. The highest BCUT2D eigenvalue weighted by atomic mass is 35.5. The number of rotatable bonds is 2. The smallest absolute Gasteiger partial charge is 0.307 e. The number of carboxylic acid groups (broad SMARTS) is 2. The van der Waals surface area contributed by atoms with Crippen LogP contribution in [0.1, 0.15) is 12.8 Å². The third-order valence-corrected chi connectivity index (χ3v) is 2.44. The van der Waals surface area contributed by atoms with Gasteiger partial charge in [-0.3, -0.25) is 9.59 Å². The minimum Gasteiger partial charge on any atom is -0.481 e. The number of aliphatic carboxylic acids is 2. The molecule has 72 valence electrons. The van der Waals surface area contributed by atoms with Crippen molar-refractivity contribution >= 4 is 23.5 Å². The van der Waals surface area contributed by atoms with Crippen LogP contribution in [-0.4, -0.2) is 22.2 Å². The van der Waals surface area contributed by atoms with E-state index < -0.39 is 23.8 Å². The molecule has 0 saturated heterocycles. The minimum atomic E-state index is -1.10. The summed E-state index contributed by atoms with van der Waals surface area (Å²) in [5.74, 6) is -3.92. The highest BCUT2D eigenvalue weighted by Gasteiger charge is 2.35. The summed E-state index contributed by atoms with van der Waals surface area (Å²) in [6, 6.07) is 0. The Bertz CT molecular complexity index is 271. The molecule has 0 spiro atoms. The molecule has 1 aliphatic carbocycles. The molecule has 13 heavy (non-hydrogen) atoms. The average Bonchev–Trinajstić information content (AvgIpc) is 2.03. The lowest BCUT2D eigenvalue weighted by Crippen LogP contribution is -2.31. The van der Waals surface area contributed by atoms with Gasteiger partial charge in [-0.15, -0.1) is 0 Å². The summed E-state index contributed by atoms with van der Waals surface area (Å²) in [6.07, 6.45) is 1.89. The molecule has 1 aliphatic rings. The molecule has 0 aromatic rings. The molecule has 0 aromatic heterocycles. The molecule has 0 aliphatic heterocycles. The second-order valence-corrected chi connectivity index (χ2v) is 3.47. The molecule has 2 atom stereocenters. The summed E-state index contributed by atoms with van der Waals surface area (Å²) >= 11 is 5.63. The Morgan fingerprint density at radius 3 is 2.31 bits per heavy atom. The van der Waals surface area contributed by atoms with Crippen molar-refractivity contribution in [2.45, 2.75) is 12.8 Å². The first-order valence-corrected chi connectivity index (χ1v) is 4.20. The van der Waals surface area contributed by atoms with Gasteiger partial charge in [-0.2, -0.15) is 0 Å². The van der Waals surface area contributed by atoms with Crippen LogP contribution < -0.4 is 0 Å². The van der Waals surface area contributed by atoms with Gasteiger partial charge in [0.1, 0.15) is 0 Å². The second-order valence-electron chi connectivity index (χ2n) is 2.98. The summed E-state index contributed by atoms with van der Waals surface area (Å²) < 4.78 is 0. The zero-order valence-corrected chi connectivity index (χ0v) is 7.49. The number of hydrogen-bond donors (Lipinski definition) is 2. The van der Waals surface area contributed by atoms with Crippen LogP contribution in [-0.2, 0) is 9.59 Å². The van der Waals surface area contributed by atoms with Gasteiger partial charge in [0.05, 0.1) is 11.8 Å². The Balaban J connectivity index is 2.83. The second kappa shape index (κ2) is 3.79. The number of hydrogen-bond acceptors (Lipinski definition) is 2. The van der Waals surface area contributed by atoms with Gasteiger partial charge in [0.15, 0.2) is 0 Å². The number of allylic oxidation sites excluding steroid dienone is 2. The van der Waals surface area contributed by atoms with Crippen molar-refractivity contribution in [3.05, 3.63) is 11.1 Å². The van der Waals surface area contributed by atoms with Crippen LogP contribution >= 0.6 is 11.6 Å². The van der Waals surface area contributed by atoms with Gasteiger partial charge in [-0.05, 0) is 12.8 Å². The molecule has 0 amide bonds. The lowest BCUT2D eigenvalue weighted by atomic mass is 9.83. The van der Waals surface area contributed by atoms with Gasteiger partial charge < -0.3 is 10.2 Å². The van der Waals surface area contributed by atoms with Crippen molar-refractivity contribution in [3.63, 3.8) is 0 Å². The average molecular weight is 205 g/mol. The quantitative estimate of drug-likeness (QED) is 0.711. The Morgan fingerprint density at radius 2 is 1.85 bits per heavy atom. The Labute approximate surface area is 79.8 Å². The molecule has 0 heterocycles. The highest BCUT2D eigenvalue weighted by molar-refractivity contribution is 6.29. The highest BCUT2D eigenvalue weighted by Crippen LogP contribution is 2.31. The third kappa shape index (κ3) is 2.21. The molecule has 2 unspecified atom stereocenters. The molecule has 0 fully saturated rings. The molecule has 0 saturated carbocycles. The van der Waals surface area contributed by atoms with Crippen LogP contribution in [0.4, 0.5) is 0 Å². The topological polar surface area (TPSA) is 74.6 Å². The van der Waals surface area contributed by atoms with Gasteiger partial charge in [-0.1, -0.05) is 17.7 Å². The van der Waals surface area contributed by atoms with Crippen LogP contribution in [0.3, 0.4) is 0 Å². The Morgan fingerprint density at radius 1 is 1.31 bits per heavy atom. The zero-order valence-electron chi connectivity index (χ0n) is 6.74. The molecule has 0 bridgehead atoms. The standard InChI is InChI=1S/C8H9ClO4/c9-4-1-2-5(7(10)11)6(3-4)8(12)13/h1,5-6H,2-3H2,(H,10,11)(H,12,13). The van der Waals surface area contributed by atoms with E-state index in [9.17, 15) is 9.59 Å². The predicted molar refractivity (Wildman–Crippen MR) is 45.4 cm³/mol. The van der Waals surface area contributed by atoms with Gasteiger partial charge >= 0.3 is 11.9 Å². The summed E-state index contributed by atoms with van der Waals surface area (Å²) in [6.45, 7) is 0. The molecule has 2 N–H and O–H groups in total. The van der Waals surface area contributed by atoms with Crippen molar-refractivity contribution in [2.75, 3.05) is 0 Å². The normalized spacial score (nSPS) is 27.9. The largest absolute Gasteiger partial charge is 0.481 e. The molecular weight excluding hydrogens is 196 g/mol. The summed E-state index contributed by atoms with van der Waals surface area (Å²) in [7, 11) is 0. The van der Waals surface area contributed by atoms with E-state index in [4.69, 9.17) is 21.8 Å². The van der Waals surface area contributed by atoms with Crippen LogP contribution in [0.25, 0.3) is 0 Å². The summed E-state index contributed by atoms with van der Waals surface area (Å²) in [4.78, 5) is 21.3. The Kier molecular flexibility index (Phi) is 2.93. The van der Waals surface area contributed by atoms with E-state index in [0.717, 1.165) is 0 Å². The fourth-order valence-corrected chi connectivity index (χ4v) is 1.64. The van der Waals surface area contributed by atoms with Crippen LogP contribution in [0.15, 0.2) is 11.1 Å². The van der Waals surface area contributed by atoms with Crippen molar-refractivity contribution in [3.8, 4) is 0 Å². The van der Waals surface area contributed by atoms with E-state index in [1.807, 2.05) is 0 Å². The number of carbonyl (C=O) groups is 2. The fraction of sp³-hybridized carbons (Fsp3) is 0.500. The fourth-order valence-electron chi connectivity index (χ4n) is 1.39. The maximum absolute atomic E-state index is 10.7. The SMILES string of the molecule is O=C(O)C1CC=C(Cl)CC1C(=O)O. The van der Waals surface area contributed by atoms with Crippen molar-refractivity contribution in [2.24, 2.45) is 11.8 Å². The van der Waals surface area contributed by atoms with Crippen molar-refractivity contribution < 1.29 is 19.8 Å². The van der Waals surface area contributed by atoms with Gasteiger partial charge in [0, 0.05) is 5.03 Å². The van der Waals surface area contributed by atoms with Crippen molar-refractivity contribution in [1.82, 2.24) is 0 Å². The van der Waals surface area contributed by atoms with Gasteiger partial charge in [0.25, 0.3) is 0 Å². The van der Waals surface area contributed by atoms with Gasteiger partial charge in [0.2, 0.25) is 0 Å². The molecule has 0 aromatic carbocycles.